The predicted octanol–water partition coefficient (Wildman–Crippen LogP) is 11.6. The van der Waals surface area contributed by atoms with Gasteiger partial charge in [-0.15, -0.1) is 0 Å². The minimum atomic E-state index is -0.0299. The second-order valence-electron chi connectivity index (χ2n) is 14.8. The van der Waals surface area contributed by atoms with Crippen molar-refractivity contribution < 1.29 is 9.47 Å². The first-order valence-electron chi connectivity index (χ1n) is 19.1. The van der Waals surface area contributed by atoms with E-state index in [0.717, 1.165) is 61.9 Å². The van der Waals surface area contributed by atoms with Crippen LogP contribution in [0.5, 0.6) is 23.0 Å². The number of aryl methyl sites for hydroxylation is 1. The molecule has 10 rings (SSSR count). The summed E-state index contributed by atoms with van der Waals surface area (Å²) < 4.78 is 14.0. The van der Waals surface area contributed by atoms with Crippen molar-refractivity contribution in [3.05, 3.63) is 169 Å². The van der Waals surface area contributed by atoms with Gasteiger partial charge in [0, 0.05) is 29.0 Å². The Labute approximate surface area is 312 Å². The molecule has 7 aromatic rings. The quantitative estimate of drug-likeness (QED) is 0.163. The molecule has 0 saturated heterocycles. The normalized spacial score (nSPS) is 14.3. The molecule has 0 N–H and O–H groups in total. The van der Waals surface area contributed by atoms with E-state index in [1.165, 1.54) is 60.0 Å². The number of ether oxygens (including phenoxy) is 2. The zero-order chi connectivity index (χ0) is 35.3. The number of hydrogen-bond donors (Lipinski definition) is 0. The minimum absolute atomic E-state index is 0.0299. The Hall–Kier alpha value is -6.00. The predicted molar refractivity (Wildman–Crippen MR) is 220 cm³/mol. The van der Waals surface area contributed by atoms with E-state index in [9.17, 15) is 0 Å². The first-order valence-corrected chi connectivity index (χ1v) is 19.1. The van der Waals surface area contributed by atoms with E-state index in [1.807, 2.05) is 0 Å². The van der Waals surface area contributed by atoms with Gasteiger partial charge in [0.1, 0.15) is 23.0 Å². The molecule has 1 fully saturated rings. The molecule has 0 bridgehead atoms. The van der Waals surface area contributed by atoms with Crippen LogP contribution in [-0.2, 0) is 0 Å². The molecular formula is C49H40BNO2. The molecule has 2 heterocycles. The highest BCUT2D eigenvalue weighted by Gasteiger charge is 2.41. The van der Waals surface area contributed by atoms with Crippen LogP contribution in [0.3, 0.4) is 0 Å². The summed E-state index contributed by atoms with van der Waals surface area (Å²) in [5.41, 5.74) is 14.0. The average molecular weight is 686 g/mol. The number of nitrogens with zero attached hydrogens (tertiary/aromatic N) is 1. The van der Waals surface area contributed by atoms with Crippen molar-refractivity contribution in [2.24, 2.45) is 0 Å². The smallest absolute Gasteiger partial charge is 0.260 e. The molecule has 0 atom stereocenters. The molecule has 1 aliphatic carbocycles. The summed E-state index contributed by atoms with van der Waals surface area (Å²) in [6.07, 6.45) is 6.47. The van der Waals surface area contributed by atoms with Crippen LogP contribution in [0.4, 0.5) is 17.1 Å². The summed E-state index contributed by atoms with van der Waals surface area (Å²) in [4.78, 5) is 2.39. The van der Waals surface area contributed by atoms with Gasteiger partial charge in [-0.3, -0.25) is 0 Å². The summed E-state index contributed by atoms with van der Waals surface area (Å²) in [7, 11) is 0. The van der Waals surface area contributed by atoms with Crippen molar-refractivity contribution in [2.75, 3.05) is 4.90 Å². The zero-order valence-electron chi connectivity index (χ0n) is 30.0. The molecule has 7 aromatic carbocycles. The molecule has 2 aliphatic heterocycles. The molecule has 0 spiro atoms. The minimum Gasteiger partial charge on any atom is -0.458 e. The van der Waals surface area contributed by atoms with E-state index in [0.29, 0.717) is 5.92 Å². The number of rotatable bonds is 6. The van der Waals surface area contributed by atoms with E-state index in [-0.39, 0.29) is 6.71 Å². The van der Waals surface area contributed by atoms with Gasteiger partial charge in [0.15, 0.2) is 0 Å². The summed E-state index contributed by atoms with van der Waals surface area (Å²) in [5.74, 6) is 4.03. The largest absolute Gasteiger partial charge is 0.458 e. The fourth-order valence-corrected chi connectivity index (χ4v) is 8.79. The van der Waals surface area contributed by atoms with Gasteiger partial charge >= 0.3 is 0 Å². The summed E-state index contributed by atoms with van der Waals surface area (Å²) in [6, 6.07) is 56.8. The van der Waals surface area contributed by atoms with Gasteiger partial charge in [-0.05, 0) is 100 Å². The lowest BCUT2D eigenvalue weighted by molar-refractivity contribution is 0.443. The molecule has 0 unspecified atom stereocenters. The van der Waals surface area contributed by atoms with Crippen molar-refractivity contribution in [3.8, 4) is 45.3 Å². The monoisotopic (exact) mass is 685 g/mol. The third-order valence-corrected chi connectivity index (χ3v) is 11.5. The molecule has 0 amide bonds. The lowest BCUT2D eigenvalue weighted by atomic mass is 9.34. The number of benzene rings is 7. The lowest BCUT2D eigenvalue weighted by Crippen LogP contribution is -2.57. The Morgan fingerprint density at radius 3 is 1.60 bits per heavy atom. The molecule has 0 radical (unpaired) electrons. The molecule has 1 saturated carbocycles. The van der Waals surface area contributed by atoms with E-state index in [1.54, 1.807) is 0 Å². The number of fused-ring (bicyclic) bond motifs is 4. The highest BCUT2D eigenvalue weighted by Crippen LogP contribution is 2.45. The van der Waals surface area contributed by atoms with Crippen LogP contribution in [0.15, 0.2) is 158 Å². The van der Waals surface area contributed by atoms with Crippen molar-refractivity contribution >= 4 is 40.2 Å². The Kier molecular flexibility index (Phi) is 7.90. The van der Waals surface area contributed by atoms with Gasteiger partial charge in [-0.25, -0.2) is 0 Å². The van der Waals surface area contributed by atoms with Crippen LogP contribution in [0.25, 0.3) is 22.3 Å². The van der Waals surface area contributed by atoms with Crippen LogP contribution in [0.2, 0.25) is 0 Å². The molecule has 53 heavy (non-hydrogen) atoms. The van der Waals surface area contributed by atoms with Gasteiger partial charge in [0.2, 0.25) is 0 Å². The molecule has 3 aliphatic rings. The van der Waals surface area contributed by atoms with E-state index in [2.05, 4.69) is 170 Å². The summed E-state index contributed by atoms with van der Waals surface area (Å²) in [6.45, 7) is 2.20. The Morgan fingerprint density at radius 2 is 1.04 bits per heavy atom. The van der Waals surface area contributed by atoms with Crippen LogP contribution >= 0.6 is 0 Å². The highest BCUT2D eigenvalue weighted by atomic mass is 16.5. The van der Waals surface area contributed by atoms with Crippen molar-refractivity contribution in [1.82, 2.24) is 0 Å². The van der Waals surface area contributed by atoms with Crippen LogP contribution in [0, 0.1) is 6.92 Å². The summed E-state index contributed by atoms with van der Waals surface area (Å²) >= 11 is 0. The third kappa shape index (κ3) is 5.70. The molecule has 0 aromatic heterocycles. The van der Waals surface area contributed by atoms with Gasteiger partial charge in [0.05, 0.1) is 5.69 Å². The van der Waals surface area contributed by atoms with Crippen LogP contribution in [0.1, 0.15) is 49.1 Å². The van der Waals surface area contributed by atoms with Crippen LogP contribution < -0.4 is 30.8 Å². The fraction of sp³-hybridized carbons (Fsp3) is 0.143. The highest BCUT2D eigenvalue weighted by molar-refractivity contribution is 6.98. The van der Waals surface area contributed by atoms with Crippen molar-refractivity contribution in [1.29, 1.82) is 0 Å². The van der Waals surface area contributed by atoms with Crippen molar-refractivity contribution in [2.45, 2.75) is 44.9 Å². The molecule has 256 valence electrons. The topological polar surface area (TPSA) is 21.7 Å². The first-order chi connectivity index (χ1) is 26.2. The number of hydrogen-bond acceptors (Lipinski definition) is 3. The van der Waals surface area contributed by atoms with Crippen molar-refractivity contribution in [3.63, 3.8) is 0 Å². The Balaban J connectivity index is 1.16. The maximum absolute atomic E-state index is 7.00. The third-order valence-electron chi connectivity index (χ3n) is 11.5. The number of para-hydroxylation sites is 1. The fourth-order valence-electron chi connectivity index (χ4n) is 8.79. The van der Waals surface area contributed by atoms with E-state index >= 15 is 0 Å². The zero-order valence-corrected chi connectivity index (χ0v) is 30.0. The van der Waals surface area contributed by atoms with Gasteiger partial charge in [0.25, 0.3) is 6.71 Å². The lowest BCUT2D eigenvalue weighted by Gasteiger charge is -2.35. The second kappa shape index (κ2) is 13.2. The van der Waals surface area contributed by atoms with Gasteiger partial charge < -0.3 is 14.4 Å². The molecular weight excluding hydrogens is 645 g/mol. The Bertz CT molecular complexity index is 2340. The van der Waals surface area contributed by atoms with E-state index < -0.39 is 0 Å². The molecule has 3 nitrogen and oxygen atoms in total. The standard InChI is InChI=1S/C49H40BNO2/c1-33-22-23-37(34-14-6-2-7-15-34)28-44(33)51(40-20-12-5-13-21-40)41-31-47-49-48(32-41)53-46-30-39(36-18-10-4-11-19-36)25-27-43(46)50(49)42-26-24-38(29-45(42)52-47)35-16-8-3-9-17-35/h3-5,8-13,16-32,34H,2,6-7,14-15H2,1H3. The maximum Gasteiger partial charge on any atom is 0.260 e. The number of anilines is 3. The first kappa shape index (κ1) is 31.7. The van der Waals surface area contributed by atoms with Gasteiger partial charge in [-0.1, -0.05) is 135 Å². The summed E-state index contributed by atoms with van der Waals surface area (Å²) in [5, 5.41) is 0. The maximum atomic E-state index is 7.00. The van der Waals surface area contributed by atoms with E-state index in [4.69, 9.17) is 9.47 Å². The molecule has 4 heteroatoms. The second-order valence-corrected chi connectivity index (χ2v) is 14.8. The van der Waals surface area contributed by atoms with Crippen LogP contribution in [-0.4, -0.2) is 6.71 Å². The van der Waals surface area contributed by atoms with Gasteiger partial charge in [-0.2, -0.15) is 0 Å². The SMILES string of the molecule is Cc1ccc(C2CCCCC2)cc1N(c1ccccc1)c1cc2c3c(c1)Oc1cc(-c4ccccc4)ccc1B3c1ccc(-c3ccccc3)cc1O2. The average Bonchev–Trinajstić information content (AvgIpc) is 3.22. The Morgan fingerprint density at radius 1 is 0.491 bits per heavy atom.